The second-order valence-electron chi connectivity index (χ2n) is 5.11. The molecule has 1 amide bonds. The van der Waals surface area contributed by atoms with Crippen molar-refractivity contribution in [3.8, 4) is 0 Å². The van der Waals surface area contributed by atoms with Gasteiger partial charge in [-0.3, -0.25) is 9.79 Å². The van der Waals surface area contributed by atoms with Gasteiger partial charge in [0.05, 0.1) is 0 Å². The second-order valence-corrected chi connectivity index (χ2v) is 5.11. The Balaban J connectivity index is 0.00000361. The molecule has 1 saturated heterocycles. The molecule has 0 aliphatic carbocycles. The molecule has 1 heterocycles. The normalized spacial score (nSPS) is 19.2. The fourth-order valence-electron chi connectivity index (χ4n) is 2.36. The molecule has 2 N–H and O–H groups in total. The topological polar surface area (TPSA) is 56.7 Å². The minimum Gasteiger partial charge on any atom is -0.356 e. The van der Waals surface area contributed by atoms with E-state index in [0.717, 1.165) is 38.3 Å². The Morgan fingerprint density at radius 1 is 1.30 bits per heavy atom. The van der Waals surface area contributed by atoms with Crippen molar-refractivity contribution in [3.05, 3.63) is 0 Å². The minimum atomic E-state index is 0. The van der Waals surface area contributed by atoms with E-state index in [4.69, 9.17) is 0 Å². The molecule has 0 spiro atoms. The highest BCUT2D eigenvalue weighted by molar-refractivity contribution is 14.0. The number of rotatable bonds is 5. The van der Waals surface area contributed by atoms with Crippen LogP contribution in [-0.2, 0) is 4.79 Å². The van der Waals surface area contributed by atoms with Crippen LogP contribution in [0.25, 0.3) is 0 Å². The van der Waals surface area contributed by atoms with E-state index in [1.165, 1.54) is 6.42 Å². The number of nitrogens with zero attached hydrogens (tertiary/aromatic N) is 2. The number of nitrogens with one attached hydrogen (secondary N) is 2. The standard InChI is InChI=1S/C14H28N4O.HI/c1-4-9-16-14(15-3)17-10-8-13(19)18-11-6-5-7-12(18)2;/h12H,4-11H2,1-3H3,(H2,15,16,17);1H. The van der Waals surface area contributed by atoms with E-state index in [-0.39, 0.29) is 29.9 Å². The molecule has 0 aromatic rings. The average Bonchev–Trinajstić information content (AvgIpc) is 2.42. The zero-order valence-electron chi connectivity index (χ0n) is 12.9. The van der Waals surface area contributed by atoms with Crippen molar-refractivity contribution in [2.75, 3.05) is 26.7 Å². The first-order chi connectivity index (χ1) is 9.19. The van der Waals surface area contributed by atoms with Gasteiger partial charge in [0.25, 0.3) is 0 Å². The maximum absolute atomic E-state index is 12.1. The first-order valence-corrected chi connectivity index (χ1v) is 7.43. The molecule has 1 fully saturated rings. The molecule has 1 aliphatic rings. The number of piperidine rings is 1. The van der Waals surface area contributed by atoms with Gasteiger partial charge < -0.3 is 15.5 Å². The first kappa shape index (κ1) is 19.5. The van der Waals surface area contributed by atoms with Crippen molar-refractivity contribution < 1.29 is 4.79 Å². The summed E-state index contributed by atoms with van der Waals surface area (Å²) in [7, 11) is 1.75. The largest absolute Gasteiger partial charge is 0.356 e. The molecule has 0 radical (unpaired) electrons. The fourth-order valence-corrected chi connectivity index (χ4v) is 2.36. The second kappa shape index (κ2) is 11.2. The molecule has 5 nitrogen and oxygen atoms in total. The number of hydrogen-bond acceptors (Lipinski definition) is 2. The number of halogens is 1. The van der Waals surface area contributed by atoms with E-state index in [1.54, 1.807) is 7.05 Å². The highest BCUT2D eigenvalue weighted by atomic mass is 127. The van der Waals surface area contributed by atoms with Crippen LogP contribution in [0, 0.1) is 0 Å². The third kappa shape index (κ3) is 6.76. The number of amides is 1. The number of carbonyl (C=O) groups is 1. The van der Waals surface area contributed by atoms with E-state index in [2.05, 4.69) is 29.5 Å². The Labute approximate surface area is 140 Å². The predicted octanol–water partition coefficient (Wildman–Crippen LogP) is 1.97. The minimum absolute atomic E-state index is 0. The molecule has 0 bridgehead atoms. The number of hydrogen-bond donors (Lipinski definition) is 2. The van der Waals surface area contributed by atoms with Crippen molar-refractivity contribution >= 4 is 35.8 Å². The SMILES string of the molecule is CCCNC(=NC)NCCC(=O)N1CCCCC1C.I. The molecule has 1 unspecified atom stereocenters. The van der Waals surface area contributed by atoms with Crippen molar-refractivity contribution in [2.24, 2.45) is 4.99 Å². The maximum atomic E-state index is 12.1. The van der Waals surface area contributed by atoms with Gasteiger partial charge in [-0.15, -0.1) is 24.0 Å². The monoisotopic (exact) mass is 396 g/mol. The van der Waals surface area contributed by atoms with Gasteiger partial charge in [0.2, 0.25) is 5.91 Å². The molecular weight excluding hydrogens is 367 g/mol. The number of likely N-dealkylation sites (tertiary alicyclic amines) is 1. The van der Waals surface area contributed by atoms with Crippen LogP contribution in [0.5, 0.6) is 0 Å². The van der Waals surface area contributed by atoms with Crippen molar-refractivity contribution in [3.63, 3.8) is 0 Å². The lowest BCUT2D eigenvalue weighted by molar-refractivity contribution is -0.134. The quantitative estimate of drug-likeness (QED) is 0.425. The summed E-state index contributed by atoms with van der Waals surface area (Å²) >= 11 is 0. The highest BCUT2D eigenvalue weighted by Crippen LogP contribution is 2.16. The van der Waals surface area contributed by atoms with Gasteiger partial charge in [-0.25, -0.2) is 0 Å². The first-order valence-electron chi connectivity index (χ1n) is 7.43. The third-order valence-electron chi connectivity index (χ3n) is 3.52. The molecule has 0 aromatic heterocycles. The summed E-state index contributed by atoms with van der Waals surface area (Å²) < 4.78 is 0. The Bertz CT molecular complexity index is 310. The van der Waals surface area contributed by atoms with Gasteiger partial charge in [-0.2, -0.15) is 0 Å². The smallest absolute Gasteiger partial charge is 0.224 e. The zero-order valence-corrected chi connectivity index (χ0v) is 15.3. The summed E-state index contributed by atoms with van der Waals surface area (Å²) in [5.74, 6) is 1.03. The zero-order chi connectivity index (χ0) is 14.1. The van der Waals surface area contributed by atoms with E-state index in [1.807, 2.05) is 4.90 Å². The van der Waals surface area contributed by atoms with Crippen molar-refractivity contribution in [2.45, 2.75) is 52.0 Å². The van der Waals surface area contributed by atoms with E-state index in [9.17, 15) is 4.79 Å². The van der Waals surface area contributed by atoms with Gasteiger partial charge in [-0.1, -0.05) is 6.92 Å². The third-order valence-corrected chi connectivity index (χ3v) is 3.52. The van der Waals surface area contributed by atoms with Gasteiger partial charge >= 0.3 is 0 Å². The summed E-state index contributed by atoms with van der Waals surface area (Å²) in [5.41, 5.74) is 0. The average molecular weight is 396 g/mol. The van der Waals surface area contributed by atoms with Crippen LogP contribution in [0.2, 0.25) is 0 Å². The van der Waals surface area contributed by atoms with Crippen LogP contribution in [-0.4, -0.2) is 49.5 Å². The lowest BCUT2D eigenvalue weighted by Gasteiger charge is -2.33. The summed E-state index contributed by atoms with van der Waals surface area (Å²) in [6.45, 7) is 6.72. The van der Waals surface area contributed by atoms with Crippen LogP contribution < -0.4 is 10.6 Å². The van der Waals surface area contributed by atoms with Crippen LogP contribution in [0.3, 0.4) is 0 Å². The van der Waals surface area contributed by atoms with Gasteiger partial charge in [-0.05, 0) is 32.6 Å². The molecule has 1 rings (SSSR count). The van der Waals surface area contributed by atoms with Crippen LogP contribution in [0.4, 0.5) is 0 Å². The number of guanidine groups is 1. The molecular formula is C14H29IN4O. The van der Waals surface area contributed by atoms with E-state index in [0.29, 0.717) is 19.0 Å². The van der Waals surface area contributed by atoms with Crippen LogP contribution >= 0.6 is 24.0 Å². The van der Waals surface area contributed by atoms with E-state index >= 15 is 0 Å². The molecule has 20 heavy (non-hydrogen) atoms. The Morgan fingerprint density at radius 2 is 2.00 bits per heavy atom. The molecule has 118 valence electrons. The molecule has 6 heteroatoms. The Hall–Kier alpha value is -0.530. The van der Waals surface area contributed by atoms with Crippen LogP contribution in [0.1, 0.15) is 46.0 Å². The van der Waals surface area contributed by atoms with E-state index < -0.39 is 0 Å². The Morgan fingerprint density at radius 3 is 2.60 bits per heavy atom. The maximum Gasteiger partial charge on any atom is 0.224 e. The van der Waals surface area contributed by atoms with Gasteiger partial charge in [0.15, 0.2) is 5.96 Å². The molecule has 0 aromatic carbocycles. The summed E-state index contributed by atoms with van der Waals surface area (Å²) in [6.07, 6.45) is 5.13. The fraction of sp³-hybridized carbons (Fsp3) is 0.857. The Kier molecular flexibility index (Phi) is 10.9. The van der Waals surface area contributed by atoms with Crippen molar-refractivity contribution in [1.82, 2.24) is 15.5 Å². The van der Waals surface area contributed by atoms with Gasteiger partial charge in [0.1, 0.15) is 0 Å². The predicted molar refractivity (Wildman–Crippen MR) is 94.7 cm³/mol. The summed E-state index contributed by atoms with van der Waals surface area (Å²) in [5, 5.41) is 6.38. The lowest BCUT2D eigenvalue weighted by atomic mass is 10.0. The molecule has 1 atom stereocenters. The number of aliphatic imine (C=N–C) groups is 1. The highest BCUT2D eigenvalue weighted by Gasteiger charge is 2.22. The van der Waals surface area contributed by atoms with Gasteiger partial charge in [0, 0.05) is 39.1 Å². The molecule has 1 aliphatic heterocycles. The summed E-state index contributed by atoms with van der Waals surface area (Å²) in [4.78, 5) is 18.3. The lowest BCUT2D eigenvalue weighted by Crippen LogP contribution is -2.44. The number of carbonyl (C=O) groups excluding carboxylic acids is 1. The van der Waals surface area contributed by atoms with Crippen molar-refractivity contribution in [1.29, 1.82) is 0 Å². The summed E-state index contributed by atoms with van der Waals surface area (Å²) in [6, 6.07) is 0.402. The molecule has 0 saturated carbocycles. The van der Waals surface area contributed by atoms with Crippen LogP contribution in [0.15, 0.2) is 4.99 Å².